The van der Waals surface area contributed by atoms with Gasteiger partial charge < -0.3 is 5.32 Å². The summed E-state index contributed by atoms with van der Waals surface area (Å²) in [6.07, 6.45) is -0.0891. The summed E-state index contributed by atoms with van der Waals surface area (Å²) in [5.41, 5.74) is 3.16. The number of carbonyl (C=O) groups excluding carboxylic acids is 2. The first kappa shape index (κ1) is 16.9. The van der Waals surface area contributed by atoms with Crippen LogP contribution in [-0.2, 0) is 9.59 Å². The molecular formula is C16H22BrNO2. The van der Waals surface area contributed by atoms with E-state index in [-0.39, 0.29) is 23.4 Å². The Morgan fingerprint density at radius 3 is 1.95 bits per heavy atom. The maximum atomic E-state index is 11.8. The number of hydrogen-bond acceptors (Lipinski definition) is 2. The molecule has 0 spiro atoms. The maximum Gasteiger partial charge on any atom is 0.231 e. The number of Topliss-reactive ketones (excluding diaryl/α,β-unsaturated/α-hetero) is 1. The highest BCUT2D eigenvalue weighted by Gasteiger charge is 2.11. The summed E-state index contributed by atoms with van der Waals surface area (Å²) >= 11 is 3.06. The van der Waals surface area contributed by atoms with Crippen LogP contribution in [0.25, 0.3) is 0 Å². The van der Waals surface area contributed by atoms with Gasteiger partial charge >= 0.3 is 0 Å². The van der Waals surface area contributed by atoms with E-state index in [1.54, 1.807) is 0 Å². The fraction of sp³-hybridized carbons (Fsp3) is 0.500. The number of benzene rings is 1. The van der Waals surface area contributed by atoms with Gasteiger partial charge in [-0.3, -0.25) is 9.59 Å². The number of rotatable bonds is 6. The first-order valence-electron chi connectivity index (χ1n) is 6.85. The van der Waals surface area contributed by atoms with Crippen LogP contribution in [0.2, 0.25) is 0 Å². The average molecular weight is 340 g/mol. The lowest BCUT2D eigenvalue weighted by molar-refractivity contribution is -0.123. The van der Waals surface area contributed by atoms with Gasteiger partial charge in [-0.1, -0.05) is 49.7 Å². The first-order valence-corrected chi connectivity index (χ1v) is 7.98. The lowest BCUT2D eigenvalue weighted by atomic mass is 9.95. The molecule has 0 unspecified atom stereocenters. The molecule has 0 aromatic heterocycles. The summed E-state index contributed by atoms with van der Waals surface area (Å²) in [4.78, 5) is 23.0. The van der Waals surface area contributed by atoms with Crippen molar-refractivity contribution >= 4 is 33.3 Å². The molecule has 1 rings (SSSR count). The van der Waals surface area contributed by atoms with Crippen molar-refractivity contribution in [2.24, 2.45) is 0 Å². The predicted octanol–water partition coefficient (Wildman–Crippen LogP) is 4.23. The molecule has 0 bridgehead atoms. The molecule has 0 fully saturated rings. The summed E-state index contributed by atoms with van der Waals surface area (Å²) < 4.78 is 0. The fourth-order valence-corrected chi connectivity index (χ4v) is 2.05. The molecule has 0 aliphatic heterocycles. The highest BCUT2D eigenvalue weighted by Crippen LogP contribution is 2.26. The third-order valence-corrected chi connectivity index (χ3v) is 3.73. The van der Waals surface area contributed by atoms with E-state index in [1.807, 2.05) is 12.1 Å². The van der Waals surface area contributed by atoms with Crippen LogP contribution >= 0.6 is 15.9 Å². The third-order valence-electron chi connectivity index (χ3n) is 3.10. The molecule has 0 heterocycles. The smallest absolute Gasteiger partial charge is 0.231 e. The highest BCUT2D eigenvalue weighted by molar-refractivity contribution is 9.09. The van der Waals surface area contributed by atoms with Crippen molar-refractivity contribution in [1.29, 1.82) is 0 Å². The second-order valence-electron chi connectivity index (χ2n) is 5.60. The van der Waals surface area contributed by atoms with E-state index in [0.717, 1.165) is 5.69 Å². The zero-order valence-corrected chi connectivity index (χ0v) is 14.1. The number of hydrogen-bond donors (Lipinski definition) is 1. The molecule has 3 nitrogen and oxygen atoms in total. The highest BCUT2D eigenvalue weighted by atomic mass is 79.9. The second kappa shape index (κ2) is 7.58. The molecule has 1 N–H and O–H groups in total. The Labute approximate surface area is 129 Å². The Hall–Kier alpha value is -1.16. The normalized spacial score (nSPS) is 10.9. The number of anilines is 1. The lowest BCUT2D eigenvalue weighted by Gasteiger charge is -2.15. The molecule has 1 aromatic rings. The molecule has 0 atom stereocenters. The quantitative estimate of drug-likeness (QED) is 0.622. The van der Waals surface area contributed by atoms with Crippen LogP contribution in [0.4, 0.5) is 5.69 Å². The van der Waals surface area contributed by atoms with Crippen molar-refractivity contribution in [3.63, 3.8) is 0 Å². The van der Waals surface area contributed by atoms with Crippen LogP contribution < -0.4 is 5.32 Å². The minimum absolute atomic E-state index is 0.0891. The summed E-state index contributed by atoms with van der Waals surface area (Å²) in [5, 5.41) is 3.03. The Balaban J connectivity index is 2.93. The molecule has 1 aromatic carbocycles. The summed E-state index contributed by atoms with van der Waals surface area (Å²) in [7, 11) is 0. The van der Waals surface area contributed by atoms with Gasteiger partial charge in [0, 0.05) is 5.69 Å². The van der Waals surface area contributed by atoms with E-state index in [1.165, 1.54) is 11.1 Å². The number of carbonyl (C=O) groups is 2. The van der Waals surface area contributed by atoms with E-state index in [9.17, 15) is 9.59 Å². The minimum Gasteiger partial charge on any atom is -0.326 e. The first-order chi connectivity index (χ1) is 9.33. The molecule has 1 amide bonds. The Morgan fingerprint density at radius 1 is 1.05 bits per heavy atom. The van der Waals surface area contributed by atoms with Crippen LogP contribution in [0.3, 0.4) is 0 Å². The summed E-state index contributed by atoms with van der Waals surface area (Å²) in [5.74, 6) is 0.415. The van der Waals surface area contributed by atoms with Gasteiger partial charge in [-0.05, 0) is 35.1 Å². The van der Waals surface area contributed by atoms with E-state index < -0.39 is 0 Å². The Kier molecular flexibility index (Phi) is 6.40. The molecule has 0 saturated carbocycles. The van der Waals surface area contributed by atoms with Crippen molar-refractivity contribution in [2.45, 2.75) is 46.0 Å². The molecule has 0 aliphatic carbocycles. The molecule has 20 heavy (non-hydrogen) atoms. The van der Waals surface area contributed by atoms with Crippen LogP contribution in [0.15, 0.2) is 18.2 Å². The van der Waals surface area contributed by atoms with E-state index in [2.05, 4.69) is 55.0 Å². The monoisotopic (exact) mass is 339 g/mol. The van der Waals surface area contributed by atoms with Gasteiger partial charge in [-0.25, -0.2) is 0 Å². The molecular weight excluding hydrogens is 318 g/mol. The van der Waals surface area contributed by atoms with E-state index in [0.29, 0.717) is 11.8 Å². The van der Waals surface area contributed by atoms with Crippen molar-refractivity contribution in [3.05, 3.63) is 29.3 Å². The van der Waals surface area contributed by atoms with Crippen LogP contribution in [0, 0.1) is 0 Å². The largest absolute Gasteiger partial charge is 0.326 e. The lowest BCUT2D eigenvalue weighted by Crippen LogP contribution is -2.17. The van der Waals surface area contributed by atoms with Crippen molar-refractivity contribution in [3.8, 4) is 0 Å². The van der Waals surface area contributed by atoms with Crippen LogP contribution in [0.5, 0.6) is 0 Å². The maximum absolute atomic E-state index is 11.8. The second-order valence-corrected chi connectivity index (χ2v) is 6.16. The summed E-state index contributed by atoms with van der Waals surface area (Å²) in [6.45, 7) is 8.50. The van der Waals surface area contributed by atoms with Gasteiger partial charge in [0.25, 0.3) is 0 Å². The molecule has 0 aliphatic rings. The topological polar surface area (TPSA) is 46.2 Å². The summed E-state index contributed by atoms with van der Waals surface area (Å²) in [6, 6.07) is 6.13. The Morgan fingerprint density at radius 2 is 1.55 bits per heavy atom. The Bertz CT molecular complexity index is 469. The van der Waals surface area contributed by atoms with E-state index >= 15 is 0 Å². The van der Waals surface area contributed by atoms with Crippen molar-refractivity contribution < 1.29 is 9.59 Å². The zero-order valence-electron chi connectivity index (χ0n) is 12.5. The number of alkyl halides is 1. The number of amides is 1. The van der Waals surface area contributed by atoms with E-state index in [4.69, 9.17) is 0 Å². The third kappa shape index (κ3) is 5.08. The number of ketones is 1. The van der Waals surface area contributed by atoms with Crippen LogP contribution in [-0.4, -0.2) is 17.0 Å². The van der Waals surface area contributed by atoms with Crippen LogP contribution in [0.1, 0.15) is 57.1 Å². The van der Waals surface area contributed by atoms with Gasteiger partial charge in [0.15, 0.2) is 5.78 Å². The molecule has 0 saturated heterocycles. The molecule has 0 radical (unpaired) electrons. The van der Waals surface area contributed by atoms with Crippen molar-refractivity contribution in [1.82, 2.24) is 0 Å². The van der Waals surface area contributed by atoms with Gasteiger partial charge in [0.1, 0.15) is 0 Å². The van der Waals surface area contributed by atoms with Gasteiger partial charge in [-0.15, -0.1) is 0 Å². The SMILES string of the molecule is CC(C)c1cc(NC(=O)CC(=O)CBr)cc(C(C)C)c1. The average Bonchev–Trinajstić information content (AvgIpc) is 2.37. The molecule has 4 heteroatoms. The van der Waals surface area contributed by atoms with Gasteiger partial charge in [0.05, 0.1) is 11.8 Å². The van der Waals surface area contributed by atoms with Gasteiger partial charge in [0.2, 0.25) is 5.91 Å². The standard InChI is InChI=1S/C16H22BrNO2/c1-10(2)12-5-13(11(3)4)7-14(6-12)18-16(20)8-15(19)9-17/h5-7,10-11H,8-9H2,1-4H3,(H,18,20). The predicted molar refractivity (Wildman–Crippen MR) is 86.7 cm³/mol. The molecule has 110 valence electrons. The fourth-order valence-electron chi connectivity index (χ4n) is 1.85. The van der Waals surface area contributed by atoms with Gasteiger partial charge in [-0.2, -0.15) is 0 Å². The minimum atomic E-state index is -0.259. The van der Waals surface area contributed by atoms with Crippen molar-refractivity contribution in [2.75, 3.05) is 10.6 Å². The number of halogens is 1. The number of nitrogens with one attached hydrogen (secondary N) is 1. The zero-order chi connectivity index (χ0) is 15.3.